The number of benzene rings is 1. The summed E-state index contributed by atoms with van der Waals surface area (Å²) in [5.74, 6) is 0. The van der Waals surface area contributed by atoms with Crippen LogP contribution >= 0.6 is 0 Å². The lowest BCUT2D eigenvalue weighted by Gasteiger charge is -2.09. The summed E-state index contributed by atoms with van der Waals surface area (Å²) in [5, 5.41) is 4.64. The number of anilines is 1. The Kier molecular flexibility index (Phi) is 5.63. The molecule has 3 nitrogen and oxygen atoms in total. The smallest absolute Gasteiger partial charge is 0.0722 e. The van der Waals surface area contributed by atoms with Crippen LogP contribution in [0.1, 0.15) is 26.2 Å². The minimum Gasteiger partial charge on any atom is -0.384 e. The zero-order valence-corrected chi connectivity index (χ0v) is 11.6. The van der Waals surface area contributed by atoms with E-state index in [0.29, 0.717) is 0 Å². The Hall–Kier alpha value is -1.61. The number of unbranched alkanes of at least 4 members (excludes halogenated alkanes) is 1. The lowest BCUT2D eigenvalue weighted by molar-refractivity contribution is 0.131. The molecule has 0 aliphatic carbocycles. The van der Waals surface area contributed by atoms with Gasteiger partial charge in [0.2, 0.25) is 0 Å². The molecule has 2 rings (SSSR count). The molecule has 1 aromatic carbocycles. The summed E-state index contributed by atoms with van der Waals surface area (Å²) in [6.45, 7) is 4.82. The number of nitrogens with one attached hydrogen (secondary N) is 1. The van der Waals surface area contributed by atoms with Gasteiger partial charge in [-0.25, -0.2) is 0 Å². The van der Waals surface area contributed by atoms with Gasteiger partial charge >= 0.3 is 0 Å². The van der Waals surface area contributed by atoms with Crippen LogP contribution in [0.3, 0.4) is 0 Å². The van der Waals surface area contributed by atoms with Gasteiger partial charge in [0.15, 0.2) is 0 Å². The number of fused-ring (bicyclic) bond motifs is 1. The number of aromatic nitrogens is 1. The second-order valence-corrected chi connectivity index (χ2v) is 4.62. The summed E-state index contributed by atoms with van der Waals surface area (Å²) >= 11 is 0. The molecule has 0 spiro atoms. The van der Waals surface area contributed by atoms with Crippen molar-refractivity contribution in [1.29, 1.82) is 0 Å². The van der Waals surface area contributed by atoms with E-state index in [1.54, 1.807) is 0 Å². The summed E-state index contributed by atoms with van der Waals surface area (Å²) in [6, 6.07) is 10.2. The van der Waals surface area contributed by atoms with E-state index < -0.39 is 0 Å². The number of ether oxygens (including phenoxy) is 1. The Morgan fingerprint density at radius 3 is 2.84 bits per heavy atom. The van der Waals surface area contributed by atoms with Gasteiger partial charge in [0.25, 0.3) is 0 Å². The van der Waals surface area contributed by atoms with Crippen LogP contribution in [0.25, 0.3) is 10.9 Å². The standard InChI is InChI=1S/C16H22N2O/c1-2-3-12-19-13-6-10-17-16-9-11-18-15-8-5-4-7-14(15)16/h4-5,7-9,11H,2-3,6,10,12-13H2,1H3,(H,17,18). The fourth-order valence-electron chi connectivity index (χ4n) is 2.00. The number of hydrogen-bond acceptors (Lipinski definition) is 3. The number of pyridine rings is 1. The van der Waals surface area contributed by atoms with Gasteiger partial charge in [-0.05, 0) is 25.0 Å². The average Bonchev–Trinajstić information content (AvgIpc) is 2.46. The quantitative estimate of drug-likeness (QED) is 0.730. The zero-order chi connectivity index (χ0) is 13.3. The van der Waals surface area contributed by atoms with Crippen LogP contribution in [0.15, 0.2) is 36.5 Å². The molecule has 0 atom stereocenters. The highest BCUT2D eigenvalue weighted by Crippen LogP contribution is 2.20. The van der Waals surface area contributed by atoms with Gasteiger partial charge in [-0.3, -0.25) is 4.98 Å². The molecule has 3 heteroatoms. The highest BCUT2D eigenvalue weighted by molar-refractivity contribution is 5.90. The third-order valence-corrected chi connectivity index (χ3v) is 3.07. The summed E-state index contributed by atoms with van der Waals surface area (Å²) in [6.07, 6.45) is 5.23. The Labute approximate surface area is 115 Å². The van der Waals surface area contributed by atoms with Gasteiger partial charge in [-0.2, -0.15) is 0 Å². The third-order valence-electron chi connectivity index (χ3n) is 3.07. The molecule has 102 valence electrons. The van der Waals surface area contributed by atoms with Crippen LogP contribution in [0.5, 0.6) is 0 Å². The molecule has 0 fully saturated rings. The molecule has 0 saturated carbocycles. The average molecular weight is 258 g/mol. The van der Waals surface area contributed by atoms with Crippen molar-refractivity contribution in [1.82, 2.24) is 4.98 Å². The van der Waals surface area contributed by atoms with E-state index in [1.807, 2.05) is 30.5 Å². The van der Waals surface area contributed by atoms with Crippen LogP contribution in [0.2, 0.25) is 0 Å². The van der Waals surface area contributed by atoms with Crippen LogP contribution in [-0.4, -0.2) is 24.7 Å². The number of para-hydroxylation sites is 1. The van der Waals surface area contributed by atoms with Gasteiger partial charge < -0.3 is 10.1 Å². The predicted molar refractivity (Wildman–Crippen MR) is 80.6 cm³/mol. The molecular weight excluding hydrogens is 236 g/mol. The molecule has 0 amide bonds. The Bertz CT molecular complexity index is 494. The molecule has 0 saturated heterocycles. The minimum absolute atomic E-state index is 0.829. The van der Waals surface area contributed by atoms with Crippen LogP contribution in [0, 0.1) is 0 Å². The lowest BCUT2D eigenvalue weighted by Crippen LogP contribution is -2.06. The summed E-state index contributed by atoms with van der Waals surface area (Å²) in [7, 11) is 0. The lowest BCUT2D eigenvalue weighted by atomic mass is 10.2. The van der Waals surface area contributed by atoms with Gasteiger partial charge in [-0.15, -0.1) is 0 Å². The molecule has 2 aromatic rings. The normalized spacial score (nSPS) is 10.8. The van der Waals surface area contributed by atoms with E-state index in [1.165, 1.54) is 11.8 Å². The Balaban J connectivity index is 1.78. The zero-order valence-electron chi connectivity index (χ0n) is 11.6. The maximum atomic E-state index is 5.55. The molecule has 1 heterocycles. The first-order valence-corrected chi connectivity index (χ1v) is 7.07. The maximum Gasteiger partial charge on any atom is 0.0722 e. The first-order valence-electron chi connectivity index (χ1n) is 7.07. The van der Waals surface area contributed by atoms with Crippen molar-refractivity contribution < 1.29 is 4.74 Å². The van der Waals surface area contributed by atoms with Crippen molar-refractivity contribution in [2.75, 3.05) is 25.1 Å². The second-order valence-electron chi connectivity index (χ2n) is 4.62. The molecular formula is C16H22N2O. The van der Waals surface area contributed by atoms with E-state index in [2.05, 4.69) is 23.3 Å². The number of nitrogens with zero attached hydrogens (tertiary/aromatic N) is 1. The van der Waals surface area contributed by atoms with Crippen molar-refractivity contribution >= 4 is 16.6 Å². The van der Waals surface area contributed by atoms with E-state index in [9.17, 15) is 0 Å². The molecule has 1 N–H and O–H groups in total. The molecule has 0 unspecified atom stereocenters. The molecule has 0 radical (unpaired) electrons. The van der Waals surface area contributed by atoms with Crippen molar-refractivity contribution in [2.45, 2.75) is 26.2 Å². The van der Waals surface area contributed by atoms with Crippen molar-refractivity contribution in [2.24, 2.45) is 0 Å². The SMILES string of the molecule is CCCCOCCCNc1ccnc2ccccc12. The fourth-order valence-corrected chi connectivity index (χ4v) is 2.00. The topological polar surface area (TPSA) is 34.1 Å². The molecule has 0 aliphatic rings. The Morgan fingerprint density at radius 2 is 1.95 bits per heavy atom. The monoisotopic (exact) mass is 258 g/mol. The van der Waals surface area contributed by atoms with Crippen LogP contribution < -0.4 is 5.32 Å². The molecule has 0 bridgehead atoms. The highest BCUT2D eigenvalue weighted by Gasteiger charge is 1.99. The van der Waals surface area contributed by atoms with Gasteiger partial charge in [0, 0.05) is 37.0 Å². The van der Waals surface area contributed by atoms with Gasteiger partial charge in [0.05, 0.1) is 5.52 Å². The third kappa shape index (κ3) is 4.21. The van der Waals surface area contributed by atoms with E-state index >= 15 is 0 Å². The van der Waals surface area contributed by atoms with Crippen molar-refractivity contribution in [3.05, 3.63) is 36.5 Å². The summed E-state index contributed by atoms with van der Waals surface area (Å²) < 4.78 is 5.55. The first kappa shape index (κ1) is 13.8. The first-order chi connectivity index (χ1) is 9.42. The van der Waals surface area contributed by atoms with Crippen LogP contribution in [0.4, 0.5) is 5.69 Å². The number of rotatable bonds is 8. The second kappa shape index (κ2) is 7.74. The summed E-state index contributed by atoms with van der Waals surface area (Å²) in [5.41, 5.74) is 2.19. The van der Waals surface area contributed by atoms with E-state index in [-0.39, 0.29) is 0 Å². The maximum absolute atomic E-state index is 5.55. The molecule has 0 aliphatic heterocycles. The highest BCUT2D eigenvalue weighted by atomic mass is 16.5. The predicted octanol–water partition coefficient (Wildman–Crippen LogP) is 3.85. The summed E-state index contributed by atoms with van der Waals surface area (Å²) in [4.78, 5) is 4.36. The van der Waals surface area contributed by atoms with E-state index in [4.69, 9.17) is 4.74 Å². The van der Waals surface area contributed by atoms with Crippen LogP contribution in [-0.2, 0) is 4.74 Å². The van der Waals surface area contributed by atoms with Gasteiger partial charge in [-0.1, -0.05) is 31.5 Å². The number of hydrogen-bond donors (Lipinski definition) is 1. The van der Waals surface area contributed by atoms with Crippen molar-refractivity contribution in [3.8, 4) is 0 Å². The molecule has 1 aromatic heterocycles. The Morgan fingerprint density at radius 1 is 1.11 bits per heavy atom. The minimum atomic E-state index is 0.829. The fraction of sp³-hybridized carbons (Fsp3) is 0.438. The largest absolute Gasteiger partial charge is 0.384 e. The van der Waals surface area contributed by atoms with Gasteiger partial charge in [0.1, 0.15) is 0 Å². The molecule has 19 heavy (non-hydrogen) atoms. The van der Waals surface area contributed by atoms with E-state index in [0.717, 1.165) is 43.8 Å². The van der Waals surface area contributed by atoms with Crippen molar-refractivity contribution in [3.63, 3.8) is 0 Å².